The molecule has 2 nitrogen and oxygen atoms in total. The van der Waals surface area contributed by atoms with E-state index in [0.29, 0.717) is 18.2 Å². The quantitative estimate of drug-likeness (QED) is 0.785. The highest BCUT2D eigenvalue weighted by Crippen LogP contribution is 2.41. The fourth-order valence-electron chi connectivity index (χ4n) is 3.52. The van der Waals surface area contributed by atoms with E-state index in [1.807, 2.05) is 0 Å². The van der Waals surface area contributed by atoms with Gasteiger partial charge in [0.15, 0.2) is 5.78 Å². The molecule has 0 aliphatic heterocycles. The Morgan fingerprint density at radius 3 is 2.74 bits per heavy atom. The normalized spacial score (nSPS) is 23.2. The van der Waals surface area contributed by atoms with Crippen LogP contribution in [-0.4, -0.2) is 10.4 Å². The number of aromatic nitrogens is 1. The van der Waals surface area contributed by atoms with E-state index in [1.165, 1.54) is 31.4 Å². The molecule has 0 N–H and O–H groups in total. The SMILES string of the molecule is CCC(CC1CC1)n1ccc2c1CC(C)(C)CC2=O. The van der Waals surface area contributed by atoms with Crippen molar-refractivity contribution in [2.24, 2.45) is 11.3 Å². The van der Waals surface area contributed by atoms with Crippen molar-refractivity contribution >= 4 is 5.78 Å². The van der Waals surface area contributed by atoms with Crippen molar-refractivity contribution in [1.82, 2.24) is 4.57 Å². The molecule has 1 fully saturated rings. The molecule has 104 valence electrons. The molecule has 1 aromatic rings. The van der Waals surface area contributed by atoms with Gasteiger partial charge in [0.25, 0.3) is 0 Å². The Morgan fingerprint density at radius 2 is 2.11 bits per heavy atom. The molecule has 1 unspecified atom stereocenters. The molecule has 0 aromatic carbocycles. The molecule has 3 rings (SSSR count). The maximum absolute atomic E-state index is 12.2. The van der Waals surface area contributed by atoms with Gasteiger partial charge in [-0.1, -0.05) is 33.6 Å². The Hall–Kier alpha value is -1.05. The van der Waals surface area contributed by atoms with Crippen LogP contribution in [0.25, 0.3) is 0 Å². The van der Waals surface area contributed by atoms with E-state index in [1.54, 1.807) is 0 Å². The summed E-state index contributed by atoms with van der Waals surface area (Å²) in [5.41, 5.74) is 2.42. The minimum absolute atomic E-state index is 0.123. The molecule has 2 aliphatic carbocycles. The van der Waals surface area contributed by atoms with E-state index in [0.717, 1.165) is 17.9 Å². The topological polar surface area (TPSA) is 22.0 Å². The number of rotatable bonds is 4. The molecule has 1 saturated carbocycles. The number of fused-ring (bicyclic) bond motifs is 1. The molecule has 0 bridgehead atoms. The highest BCUT2D eigenvalue weighted by molar-refractivity contribution is 5.98. The second kappa shape index (κ2) is 4.50. The molecule has 1 aromatic heterocycles. The first kappa shape index (κ1) is 13.0. The summed E-state index contributed by atoms with van der Waals surface area (Å²) in [6, 6.07) is 2.65. The standard InChI is InChI=1S/C17H25NO/c1-4-13(9-12-5-6-12)18-8-7-14-15(18)10-17(2,3)11-16(14)19/h7-8,12-13H,4-6,9-11H2,1-3H3. The molecule has 0 spiro atoms. The number of carbonyl (C=O) groups excluding carboxylic acids is 1. The summed E-state index contributed by atoms with van der Waals surface area (Å²) in [6.07, 6.45) is 9.19. The van der Waals surface area contributed by atoms with Gasteiger partial charge in [-0.05, 0) is 36.7 Å². The first-order chi connectivity index (χ1) is 9.00. The number of Topliss-reactive ketones (excluding diaryl/α,β-unsaturated/α-hetero) is 1. The maximum Gasteiger partial charge on any atom is 0.165 e. The largest absolute Gasteiger partial charge is 0.348 e. The third kappa shape index (κ3) is 2.50. The van der Waals surface area contributed by atoms with Gasteiger partial charge in [0.2, 0.25) is 0 Å². The van der Waals surface area contributed by atoms with Crippen LogP contribution < -0.4 is 0 Å². The van der Waals surface area contributed by atoms with Crippen LogP contribution in [0, 0.1) is 11.3 Å². The summed E-state index contributed by atoms with van der Waals surface area (Å²) in [4.78, 5) is 12.2. The zero-order chi connectivity index (χ0) is 13.6. The van der Waals surface area contributed by atoms with Crippen LogP contribution >= 0.6 is 0 Å². The van der Waals surface area contributed by atoms with Crippen LogP contribution in [0.15, 0.2) is 12.3 Å². The van der Waals surface area contributed by atoms with Crippen molar-refractivity contribution < 1.29 is 4.79 Å². The molecule has 2 heteroatoms. The molecular weight excluding hydrogens is 234 g/mol. The first-order valence-electron chi connectivity index (χ1n) is 7.73. The Morgan fingerprint density at radius 1 is 1.37 bits per heavy atom. The number of ketones is 1. The number of hydrogen-bond donors (Lipinski definition) is 0. The van der Waals surface area contributed by atoms with Crippen molar-refractivity contribution in [3.63, 3.8) is 0 Å². The molecule has 1 heterocycles. The predicted molar refractivity (Wildman–Crippen MR) is 77.5 cm³/mol. The fraction of sp³-hybridized carbons (Fsp3) is 0.706. The van der Waals surface area contributed by atoms with Crippen LogP contribution in [-0.2, 0) is 6.42 Å². The zero-order valence-electron chi connectivity index (χ0n) is 12.4. The Kier molecular flexibility index (Phi) is 3.07. The highest BCUT2D eigenvalue weighted by atomic mass is 16.1. The smallest absolute Gasteiger partial charge is 0.165 e. The molecule has 0 amide bonds. The van der Waals surface area contributed by atoms with Gasteiger partial charge in [0, 0.05) is 29.9 Å². The maximum atomic E-state index is 12.2. The lowest BCUT2D eigenvalue weighted by Crippen LogP contribution is -2.28. The van der Waals surface area contributed by atoms with Crippen LogP contribution in [0.2, 0.25) is 0 Å². The number of carbonyl (C=O) groups is 1. The van der Waals surface area contributed by atoms with Gasteiger partial charge in [0.05, 0.1) is 0 Å². The van der Waals surface area contributed by atoms with Crippen LogP contribution in [0.4, 0.5) is 0 Å². The van der Waals surface area contributed by atoms with Gasteiger partial charge >= 0.3 is 0 Å². The van der Waals surface area contributed by atoms with E-state index in [9.17, 15) is 4.79 Å². The average molecular weight is 259 g/mol. The third-order valence-corrected chi connectivity index (χ3v) is 4.78. The summed E-state index contributed by atoms with van der Waals surface area (Å²) in [5, 5.41) is 0. The number of nitrogens with zero attached hydrogens (tertiary/aromatic N) is 1. The lowest BCUT2D eigenvalue weighted by Gasteiger charge is -2.31. The Labute approximate surface area is 116 Å². The molecule has 1 atom stereocenters. The monoisotopic (exact) mass is 259 g/mol. The summed E-state index contributed by atoms with van der Waals surface area (Å²) in [7, 11) is 0. The fourth-order valence-corrected chi connectivity index (χ4v) is 3.52. The average Bonchev–Trinajstić information content (AvgIpc) is 3.05. The second-order valence-corrected chi connectivity index (χ2v) is 7.27. The summed E-state index contributed by atoms with van der Waals surface area (Å²) >= 11 is 0. The van der Waals surface area contributed by atoms with E-state index >= 15 is 0 Å². The van der Waals surface area contributed by atoms with Gasteiger partial charge < -0.3 is 4.57 Å². The lowest BCUT2D eigenvalue weighted by atomic mass is 9.76. The van der Waals surface area contributed by atoms with Gasteiger partial charge in [0.1, 0.15) is 0 Å². The lowest BCUT2D eigenvalue weighted by molar-refractivity contribution is 0.0909. The molecular formula is C17H25NO. The van der Waals surface area contributed by atoms with Crippen LogP contribution in [0.1, 0.15) is 75.0 Å². The summed E-state index contributed by atoms with van der Waals surface area (Å²) < 4.78 is 2.42. The summed E-state index contributed by atoms with van der Waals surface area (Å²) in [6.45, 7) is 6.70. The first-order valence-corrected chi connectivity index (χ1v) is 7.73. The van der Waals surface area contributed by atoms with Crippen molar-refractivity contribution in [3.8, 4) is 0 Å². The Bertz CT molecular complexity index is 493. The van der Waals surface area contributed by atoms with E-state index in [4.69, 9.17) is 0 Å². The van der Waals surface area contributed by atoms with E-state index in [2.05, 4.69) is 37.6 Å². The minimum atomic E-state index is 0.123. The van der Waals surface area contributed by atoms with Gasteiger partial charge in [-0.25, -0.2) is 0 Å². The van der Waals surface area contributed by atoms with E-state index in [-0.39, 0.29) is 5.41 Å². The van der Waals surface area contributed by atoms with Crippen molar-refractivity contribution in [1.29, 1.82) is 0 Å². The van der Waals surface area contributed by atoms with Crippen LogP contribution in [0.5, 0.6) is 0 Å². The van der Waals surface area contributed by atoms with Crippen molar-refractivity contribution in [3.05, 3.63) is 23.5 Å². The highest BCUT2D eigenvalue weighted by Gasteiger charge is 2.34. The van der Waals surface area contributed by atoms with Crippen molar-refractivity contribution in [2.75, 3.05) is 0 Å². The van der Waals surface area contributed by atoms with Gasteiger partial charge in [-0.15, -0.1) is 0 Å². The summed E-state index contributed by atoms with van der Waals surface area (Å²) in [5.74, 6) is 1.28. The van der Waals surface area contributed by atoms with Crippen LogP contribution in [0.3, 0.4) is 0 Å². The predicted octanol–water partition coefficient (Wildman–Crippen LogP) is 4.39. The second-order valence-electron chi connectivity index (χ2n) is 7.27. The van der Waals surface area contributed by atoms with Crippen molar-refractivity contribution in [2.45, 2.75) is 65.3 Å². The van der Waals surface area contributed by atoms with Gasteiger partial charge in [-0.2, -0.15) is 0 Å². The molecule has 0 saturated heterocycles. The Balaban J connectivity index is 1.92. The minimum Gasteiger partial charge on any atom is -0.348 e. The van der Waals surface area contributed by atoms with Gasteiger partial charge in [-0.3, -0.25) is 4.79 Å². The molecule has 19 heavy (non-hydrogen) atoms. The van der Waals surface area contributed by atoms with E-state index < -0.39 is 0 Å². The zero-order valence-corrected chi connectivity index (χ0v) is 12.4. The molecule has 0 radical (unpaired) electrons. The number of hydrogen-bond acceptors (Lipinski definition) is 1. The third-order valence-electron chi connectivity index (χ3n) is 4.78. The molecule has 2 aliphatic rings.